The number of nitrogens with zero attached hydrogens (tertiary/aromatic N) is 3. The average molecular weight is 350 g/mol. The van der Waals surface area contributed by atoms with Crippen LogP contribution >= 0.6 is 0 Å². The number of hydrogen-bond acceptors (Lipinski definition) is 4. The first kappa shape index (κ1) is 16.6. The third kappa shape index (κ3) is 3.28. The van der Waals surface area contributed by atoms with Gasteiger partial charge in [0.05, 0.1) is 12.6 Å². The molecule has 4 rings (SSSR count). The second kappa shape index (κ2) is 7.17. The van der Waals surface area contributed by atoms with Gasteiger partial charge in [-0.2, -0.15) is 5.10 Å². The van der Waals surface area contributed by atoms with Crippen LogP contribution in [0.3, 0.4) is 0 Å². The van der Waals surface area contributed by atoms with Crippen molar-refractivity contribution < 1.29 is 9.53 Å². The molecule has 1 N–H and O–H groups in total. The monoisotopic (exact) mass is 350 g/mol. The van der Waals surface area contributed by atoms with Gasteiger partial charge in [0, 0.05) is 38.1 Å². The Kier molecular flexibility index (Phi) is 4.58. The first-order valence-corrected chi connectivity index (χ1v) is 8.82. The molecule has 0 saturated carbocycles. The summed E-state index contributed by atoms with van der Waals surface area (Å²) in [4.78, 5) is 17.1. The van der Waals surface area contributed by atoms with E-state index in [1.54, 1.807) is 7.11 Å². The Hall–Kier alpha value is -2.86. The van der Waals surface area contributed by atoms with E-state index in [0.29, 0.717) is 5.69 Å². The van der Waals surface area contributed by atoms with E-state index in [1.165, 1.54) is 5.56 Å². The lowest BCUT2D eigenvalue weighted by Crippen LogP contribution is -2.48. The van der Waals surface area contributed by atoms with E-state index in [2.05, 4.69) is 27.2 Å². The Bertz CT molecular complexity index is 896. The van der Waals surface area contributed by atoms with E-state index in [-0.39, 0.29) is 5.91 Å². The number of nitrogens with one attached hydrogen (secondary N) is 1. The lowest BCUT2D eigenvalue weighted by molar-refractivity contribution is 0.0624. The molecule has 1 saturated heterocycles. The Labute approximate surface area is 152 Å². The largest absolute Gasteiger partial charge is 0.497 e. The molecule has 1 aromatic heterocycles. The number of aromatic nitrogens is 2. The molecule has 3 aromatic rings. The number of rotatable bonds is 4. The van der Waals surface area contributed by atoms with Gasteiger partial charge in [-0.15, -0.1) is 0 Å². The standard InChI is InChI=1S/C20H22N4O2/c1-26-16-8-6-15(7-9-16)14-23-10-12-24(13-11-23)20(25)19-17-4-2-3-5-18(17)21-22-19/h2-9H,10-14H2,1H3,(H,21,22). The van der Waals surface area contributed by atoms with Crippen LogP contribution in [-0.2, 0) is 6.54 Å². The number of benzene rings is 2. The van der Waals surface area contributed by atoms with Crippen LogP contribution in [-0.4, -0.2) is 59.2 Å². The van der Waals surface area contributed by atoms with Crippen molar-refractivity contribution in [3.05, 3.63) is 59.8 Å². The SMILES string of the molecule is COc1ccc(CN2CCN(C(=O)c3n[nH]c4ccccc34)CC2)cc1. The van der Waals surface area contributed by atoms with Gasteiger partial charge in [0.25, 0.3) is 5.91 Å². The predicted octanol–water partition coefficient (Wildman–Crippen LogP) is 2.53. The summed E-state index contributed by atoms with van der Waals surface area (Å²) in [6, 6.07) is 15.9. The smallest absolute Gasteiger partial charge is 0.275 e. The van der Waals surface area contributed by atoms with Gasteiger partial charge in [-0.3, -0.25) is 14.8 Å². The third-order valence-corrected chi connectivity index (χ3v) is 4.90. The number of aromatic amines is 1. The van der Waals surface area contributed by atoms with Crippen molar-refractivity contribution in [3.63, 3.8) is 0 Å². The lowest BCUT2D eigenvalue weighted by Gasteiger charge is -2.34. The zero-order valence-electron chi connectivity index (χ0n) is 14.8. The van der Waals surface area contributed by atoms with Gasteiger partial charge < -0.3 is 9.64 Å². The number of piperazine rings is 1. The van der Waals surface area contributed by atoms with Gasteiger partial charge in [-0.05, 0) is 23.8 Å². The molecule has 1 fully saturated rings. The summed E-state index contributed by atoms with van der Waals surface area (Å²) in [6.07, 6.45) is 0. The van der Waals surface area contributed by atoms with Gasteiger partial charge in [-0.1, -0.05) is 30.3 Å². The molecule has 134 valence electrons. The zero-order valence-corrected chi connectivity index (χ0v) is 14.8. The highest BCUT2D eigenvalue weighted by molar-refractivity contribution is 6.04. The van der Waals surface area contributed by atoms with E-state index in [4.69, 9.17) is 4.74 Å². The molecule has 2 heterocycles. The summed E-state index contributed by atoms with van der Waals surface area (Å²) in [5, 5.41) is 8.06. The number of carbonyl (C=O) groups is 1. The van der Waals surface area contributed by atoms with Crippen LogP contribution in [0.2, 0.25) is 0 Å². The summed E-state index contributed by atoms with van der Waals surface area (Å²) in [6.45, 7) is 4.05. The fraction of sp³-hybridized carbons (Fsp3) is 0.300. The molecule has 0 unspecified atom stereocenters. The Morgan fingerprint density at radius 3 is 2.54 bits per heavy atom. The molecular weight excluding hydrogens is 328 g/mol. The molecule has 1 aliphatic rings. The number of methoxy groups -OCH3 is 1. The van der Waals surface area contributed by atoms with Crippen LogP contribution in [0.5, 0.6) is 5.75 Å². The summed E-state index contributed by atoms with van der Waals surface area (Å²) < 4.78 is 5.20. The number of fused-ring (bicyclic) bond motifs is 1. The molecule has 0 spiro atoms. The van der Waals surface area contributed by atoms with Crippen LogP contribution < -0.4 is 4.74 Å². The maximum absolute atomic E-state index is 12.8. The normalized spacial score (nSPS) is 15.3. The highest BCUT2D eigenvalue weighted by Gasteiger charge is 2.25. The number of hydrogen-bond donors (Lipinski definition) is 1. The van der Waals surface area contributed by atoms with E-state index >= 15 is 0 Å². The highest BCUT2D eigenvalue weighted by atomic mass is 16.5. The maximum atomic E-state index is 12.8. The van der Waals surface area contributed by atoms with E-state index < -0.39 is 0 Å². The molecule has 0 bridgehead atoms. The second-order valence-electron chi connectivity index (χ2n) is 6.53. The zero-order chi connectivity index (χ0) is 17.9. The highest BCUT2D eigenvalue weighted by Crippen LogP contribution is 2.18. The summed E-state index contributed by atoms with van der Waals surface area (Å²) in [5.74, 6) is 0.877. The van der Waals surface area contributed by atoms with Crippen molar-refractivity contribution in [3.8, 4) is 5.75 Å². The van der Waals surface area contributed by atoms with Gasteiger partial charge >= 0.3 is 0 Å². The van der Waals surface area contributed by atoms with Crippen molar-refractivity contribution >= 4 is 16.8 Å². The van der Waals surface area contributed by atoms with E-state index in [1.807, 2.05) is 41.3 Å². The fourth-order valence-electron chi connectivity index (χ4n) is 3.37. The van der Waals surface area contributed by atoms with Gasteiger partial charge in [0.1, 0.15) is 5.75 Å². The first-order valence-electron chi connectivity index (χ1n) is 8.82. The van der Waals surface area contributed by atoms with Crippen molar-refractivity contribution in [2.45, 2.75) is 6.54 Å². The number of amides is 1. The molecule has 6 heteroatoms. The van der Waals surface area contributed by atoms with Gasteiger partial charge in [-0.25, -0.2) is 0 Å². The molecular formula is C20H22N4O2. The number of ether oxygens (including phenoxy) is 1. The molecule has 0 radical (unpaired) electrons. The molecule has 26 heavy (non-hydrogen) atoms. The second-order valence-corrected chi connectivity index (χ2v) is 6.53. The molecule has 0 atom stereocenters. The molecule has 1 amide bonds. The van der Waals surface area contributed by atoms with Crippen LogP contribution in [0, 0.1) is 0 Å². The molecule has 1 aliphatic heterocycles. The van der Waals surface area contributed by atoms with Crippen LogP contribution in [0.4, 0.5) is 0 Å². The van der Waals surface area contributed by atoms with Crippen LogP contribution in [0.15, 0.2) is 48.5 Å². The van der Waals surface area contributed by atoms with Crippen molar-refractivity contribution in [1.82, 2.24) is 20.0 Å². The quantitative estimate of drug-likeness (QED) is 0.785. The summed E-state index contributed by atoms with van der Waals surface area (Å²) >= 11 is 0. The van der Waals surface area contributed by atoms with Crippen molar-refractivity contribution in [2.75, 3.05) is 33.3 Å². The van der Waals surface area contributed by atoms with Crippen molar-refractivity contribution in [2.24, 2.45) is 0 Å². The average Bonchev–Trinajstić information content (AvgIpc) is 3.13. The molecule has 2 aromatic carbocycles. The topological polar surface area (TPSA) is 61.5 Å². The van der Waals surface area contributed by atoms with Gasteiger partial charge in [0.2, 0.25) is 0 Å². The van der Waals surface area contributed by atoms with Crippen molar-refractivity contribution in [1.29, 1.82) is 0 Å². The molecule has 0 aliphatic carbocycles. The minimum atomic E-state index is 0.00606. The molecule has 6 nitrogen and oxygen atoms in total. The minimum absolute atomic E-state index is 0.00606. The Morgan fingerprint density at radius 2 is 1.81 bits per heavy atom. The number of carbonyl (C=O) groups excluding carboxylic acids is 1. The minimum Gasteiger partial charge on any atom is -0.497 e. The van der Waals surface area contributed by atoms with Gasteiger partial charge in [0.15, 0.2) is 5.69 Å². The lowest BCUT2D eigenvalue weighted by atomic mass is 10.1. The van der Waals surface area contributed by atoms with Crippen LogP contribution in [0.1, 0.15) is 16.1 Å². The third-order valence-electron chi connectivity index (χ3n) is 4.90. The Balaban J connectivity index is 1.37. The fourth-order valence-corrected chi connectivity index (χ4v) is 3.37. The van der Waals surface area contributed by atoms with Crippen LogP contribution in [0.25, 0.3) is 10.9 Å². The number of H-pyrrole nitrogens is 1. The predicted molar refractivity (Wildman–Crippen MR) is 100 cm³/mol. The van der Waals surface area contributed by atoms with E-state index in [9.17, 15) is 4.79 Å². The number of para-hydroxylation sites is 1. The summed E-state index contributed by atoms with van der Waals surface area (Å²) in [7, 11) is 1.67. The summed E-state index contributed by atoms with van der Waals surface area (Å²) in [5.41, 5.74) is 2.67. The maximum Gasteiger partial charge on any atom is 0.275 e. The first-order chi connectivity index (χ1) is 12.7. The Morgan fingerprint density at radius 1 is 1.08 bits per heavy atom. The van der Waals surface area contributed by atoms with E-state index in [0.717, 1.165) is 49.4 Å².